The lowest BCUT2D eigenvalue weighted by Crippen LogP contribution is -2.12. The molecular weight excluding hydrogens is 286 g/mol. The molecule has 5 nitrogen and oxygen atoms in total. The van der Waals surface area contributed by atoms with Crippen LogP contribution in [0.3, 0.4) is 0 Å². The highest BCUT2D eigenvalue weighted by Crippen LogP contribution is 2.21. The van der Waals surface area contributed by atoms with Crippen LogP contribution in [-0.2, 0) is 10.0 Å². The average molecular weight is 299 g/mol. The number of rotatable bonds is 4. The second kappa shape index (κ2) is 5.41. The molecule has 0 fully saturated rings. The Balaban J connectivity index is 1.91. The molecule has 1 aromatic heterocycles. The molecule has 0 amide bonds. The molecule has 0 radical (unpaired) electrons. The normalized spacial score (nSPS) is 11.2. The summed E-state index contributed by atoms with van der Waals surface area (Å²) in [4.78, 5) is 7.37. The lowest BCUT2D eigenvalue weighted by molar-refractivity contribution is 0.601. The summed E-state index contributed by atoms with van der Waals surface area (Å²) in [5.41, 5.74) is 1.31. The third kappa shape index (κ3) is 2.95. The minimum absolute atomic E-state index is 0.230. The third-order valence-corrected chi connectivity index (χ3v) is 4.34. The molecule has 0 aliphatic rings. The number of aromatic amines is 1. The van der Waals surface area contributed by atoms with Crippen LogP contribution in [0.5, 0.6) is 0 Å². The molecule has 2 aromatic carbocycles. The first kappa shape index (κ1) is 13.4. The Labute approximate surface area is 122 Å². The lowest BCUT2D eigenvalue weighted by atomic mass is 10.2. The van der Waals surface area contributed by atoms with Gasteiger partial charge in [-0.2, -0.15) is 0 Å². The van der Waals surface area contributed by atoms with Crippen LogP contribution in [0, 0.1) is 0 Å². The van der Waals surface area contributed by atoms with Crippen molar-refractivity contribution in [2.45, 2.75) is 4.90 Å². The van der Waals surface area contributed by atoms with E-state index in [1.165, 1.54) is 0 Å². The van der Waals surface area contributed by atoms with Crippen molar-refractivity contribution >= 4 is 15.7 Å². The van der Waals surface area contributed by atoms with Gasteiger partial charge in [0, 0.05) is 23.6 Å². The molecule has 0 unspecified atom stereocenters. The van der Waals surface area contributed by atoms with Crippen LogP contribution in [0.15, 0.2) is 71.9 Å². The minimum Gasteiger partial charge on any atom is -0.345 e. The zero-order chi connectivity index (χ0) is 14.7. The first-order valence-electron chi connectivity index (χ1n) is 6.33. The summed E-state index contributed by atoms with van der Waals surface area (Å²) in [5, 5.41) is 0. The molecule has 0 saturated heterocycles. The maximum absolute atomic E-state index is 12.3. The fraction of sp³-hybridized carbons (Fsp3) is 0. The summed E-state index contributed by atoms with van der Waals surface area (Å²) in [6, 6.07) is 15.3. The van der Waals surface area contributed by atoms with Gasteiger partial charge in [-0.1, -0.05) is 30.3 Å². The Morgan fingerprint density at radius 1 is 1.00 bits per heavy atom. The van der Waals surface area contributed by atoms with E-state index in [1.807, 2.05) is 6.07 Å². The molecule has 0 spiro atoms. The highest BCUT2D eigenvalue weighted by molar-refractivity contribution is 7.92. The van der Waals surface area contributed by atoms with Gasteiger partial charge in [-0.3, -0.25) is 4.72 Å². The fourth-order valence-electron chi connectivity index (χ4n) is 1.97. The highest BCUT2D eigenvalue weighted by atomic mass is 32.2. The predicted molar refractivity (Wildman–Crippen MR) is 81.3 cm³/mol. The van der Waals surface area contributed by atoms with Crippen molar-refractivity contribution < 1.29 is 8.42 Å². The van der Waals surface area contributed by atoms with Crippen molar-refractivity contribution in [3.05, 3.63) is 67.0 Å². The quantitative estimate of drug-likeness (QED) is 0.778. The number of hydrogen-bond acceptors (Lipinski definition) is 3. The Morgan fingerprint density at radius 2 is 1.81 bits per heavy atom. The van der Waals surface area contributed by atoms with Crippen LogP contribution in [0.25, 0.3) is 11.4 Å². The van der Waals surface area contributed by atoms with E-state index < -0.39 is 10.0 Å². The monoisotopic (exact) mass is 299 g/mol. The highest BCUT2D eigenvalue weighted by Gasteiger charge is 2.13. The van der Waals surface area contributed by atoms with E-state index in [1.54, 1.807) is 60.9 Å². The van der Waals surface area contributed by atoms with Gasteiger partial charge in [-0.05, 0) is 24.3 Å². The summed E-state index contributed by atoms with van der Waals surface area (Å²) >= 11 is 0. The van der Waals surface area contributed by atoms with Crippen LogP contribution in [0.1, 0.15) is 0 Å². The Kier molecular flexibility index (Phi) is 3.45. The topological polar surface area (TPSA) is 74.8 Å². The van der Waals surface area contributed by atoms with E-state index in [4.69, 9.17) is 0 Å². The number of hydrogen-bond donors (Lipinski definition) is 2. The standard InChI is InChI=1S/C15H13N3O2S/c19-21(20,14-7-2-1-3-8-14)18-13-6-4-5-12(11-13)15-16-9-10-17-15/h1-11,18H,(H,16,17). The molecule has 0 aliphatic heterocycles. The second-order valence-electron chi connectivity index (χ2n) is 4.44. The molecule has 0 bridgehead atoms. The van der Waals surface area contributed by atoms with Gasteiger partial charge in [0.1, 0.15) is 5.82 Å². The summed E-state index contributed by atoms with van der Waals surface area (Å²) in [5.74, 6) is 0.691. The number of sulfonamides is 1. The Hall–Kier alpha value is -2.60. The van der Waals surface area contributed by atoms with E-state index in [0.29, 0.717) is 11.5 Å². The van der Waals surface area contributed by atoms with E-state index in [2.05, 4.69) is 14.7 Å². The molecule has 1 heterocycles. The van der Waals surface area contributed by atoms with Crippen LogP contribution in [0.2, 0.25) is 0 Å². The molecule has 3 aromatic rings. The fourth-order valence-corrected chi connectivity index (χ4v) is 3.04. The van der Waals surface area contributed by atoms with Gasteiger partial charge in [0.25, 0.3) is 10.0 Å². The van der Waals surface area contributed by atoms with Crippen molar-refractivity contribution in [3.63, 3.8) is 0 Å². The number of aromatic nitrogens is 2. The number of H-pyrrole nitrogens is 1. The summed E-state index contributed by atoms with van der Waals surface area (Å²) < 4.78 is 27.1. The van der Waals surface area contributed by atoms with Crippen LogP contribution in [-0.4, -0.2) is 18.4 Å². The van der Waals surface area contributed by atoms with E-state index in [0.717, 1.165) is 5.56 Å². The average Bonchev–Trinajstić information content (AvgIpc) is 3.02. The minimum atomic E-state index is -3.58. The van der Waals surface area contributed by atoms with Crippen molar-refractivity contribution in [2.24, 2.45) is 0 Å². The van der Waals surface area contributed by atoms with E-state index >= 15 is 0 Å². The SMILES string of the molecule is O=S(=O)(Nc1cccc(-c2ncc[nH]2)c1)c1ccccc1. The Bertz CT molecular complexity index is 828. The van der Waals surface area contributed by atoms with Crippen molar-refractivity contribution in [1.29, 1.82) is 0 Å². The van der Waals surface area contributed by atoms with Crippen LogP contribution >= 0.6 is 0 Å². The number of nitrogens with one attached hydrogen (secondary N) is 2. The molecule has 0 atom stereocenters. The molecule has 2 N–H and O–H groups in total. The first-order chi connectivity index (χ1) is 10.1. The third-order valence-electron chi connectivity index (χ3n) is 2.94. The zero-order valence-electron chi connectivity index (χ0n) is 11.0. The summed E-state index contributed by atoms with van der Waals surface area (Å²) in [6.07, 6.45) is 3.37. The molecule has 21 heavy (non-hydrogen) atoms. The first-order valence-corrected chi connectivity index (χ1v) is 7.81. The maximum Gasteiger partial charge on any atom is 0.261 e. The zero-order valence-corrected chi connectivity index (χ0v) is 11.8. The van der Waals surface area contributed by atoms with Gasteiger partial charge in [-0.15, -0.1) is 0 Å². The largest absolute Gasteiger partial charge is 0.345 e. The van der Waals surface area contributed by atoms with Gasteiger partial charge >= 0.3 is 0 Å². The predicted octanol–water partition coefficient (Wildman–Crippen LogP) is 2.88. The second-order valence-corrected chi connectivity index (χ2v) is 6.12. The van der Waals surface area contributed by atoms with Crippen molar-refractivity contribution in [1.82, 2.24) is 9.97 Å². The molecule has 6 heteroatoms. The molecule has 106 valence electrons. The van der Waals surface area contributed by atoms with E-state index in [-0.39, 0.29) is 4.90 Å². The summed E-state index contributed by atoms with van der Waals surface area (Å²) in [6.45, 7) is 0. The summed E-state index contributed by atoms with van der Waals surface area (Å²) in [7, 11) is -3.58. The number of benzene rings is 2. The van der Waals surface area contributed by atoms with E-state index in [9.17, 15) is 8.42 Å². The number of anilines is 1. The van der Waals surface area contributed by atoms with Gasteiger partial charge in [0.2, 0.25) is 0 Å². The van der Waals surface area contributed by atoms with Crippen molar-refractivity contribution in [2.75, 3.05) is 4.72 Å². The van der Waals surface area contributed by atoms with Gasteiger partial charge in [0.05, 0.1) is 4.90 Å². The lowest BCUT2D eigenvalue weighted by Gasteiger charge is -2.08. The molecule has 0 aliphatic carbocycles. The molecule has 3 rings (SSSR count). The smallest absolute Gasteiger partial charge is 0.261 e. The Morgan fingerprint density at radius 3 is 2.52 bits per heavy atom. The molecule has 0 saturated carbocycles. The van der Waals surface area contributed by atoms with Gasteiger partial charge in [0.15, 0.2) is 0 Å². The van der Waals surface area contributed by atoms with Gasteiger partial charge < -0.3 is 4.98 Å². The van der Waals surface area contributed by atoms with Crippen LogP contribution < -0.4 is 4.72 Å². The number of nitrogens with zero attached hydrogens (tertiary/aromatic N) is 1. The van der Waals surface area contributed by atoms with Crippen molar-refractivity contribution in [3.8, 4) is 11.4 Å². The maximum atomic E-state index is 12.3. The van der Waals surface area contributed by atoms with Gasteiger partial charge in [-0.25, -0.2) is 13.4 Å². The number of imidazole rings is 1. The van der Waals surface area contributed by atoms with Crippen LogP contribution in [0.4, 0.5) is 5.69 Å². The molecular formula is C15H13N3O2S.